The van der Waals surface area contributed by atoms with Crippen molar-refractivity contribution in [2.75, 3.05) is 7.05 Å². The van der Waals surface area contributed by atoms with E-state index in [1.165, 1.54) is 31.4 Å². The molecule has 2 atom stereocenters. The molecular formula is C13H17ClFN. The van der Waals surface area contributed by atoms with Crippen LogP contribution in [0.5, 0.6) is 0 Å². The van der Waals surface area contributed by atoms with Crippen LogP contribution < -0.4 is 5.32 Å². The third kappa shape index (κ3) is 2.74. The van der Waals surface area contributed by atoms with Gasteiger partial charge in [0.25, 0.3) is 0 Å². The number of hydrogen-bond donors (Lipinski definition) is 1. The molecule has 0 aliphatic heterocycles. The fraction of sp³-hybridized carbons (Fsp3) is 0.538. The molecule has 0 radical (unpaired) electrons. The van der Waals surface area contributed by atoms with E-state index in [1.54, 1.807) is 0 Å². The SMILES string of the molecule is CNC1CCC(Cc2ccc(F)cc2Cl)C1. The van der Waals surface area contributed by atoms with Crippen molar-refractivity contribution in [2.24, 2.45) is 5.92 Å². The maximum Gasteiger partial charge on any atom is 0.124 e. The summed E-state index contributed by atoms with van der Waals surface area (Å²) in [5.41, 5.74) is 1.07. The van der Waals surface area contributed by atoms with Crippen LogP contribution in [0.1, 0.15) is 24.8 Å². The van der Waals surface area contributed by atoms with E-state index in [4.69, 9.17) is 11.6 Å². The summed E-state index contributed by atoms with van der Waals surface area (Å²) in [4.78, 5) is 0. The highest BCUT2D eigenvalue weighted by Gasteiger charge is 2.23. The Balaban J connectivity index is 1.99. The Bertz CT molecular complexity index is 367. The highest BCUT2D eigenvalue weighted by Crippen LogP contribution is 2.30. The standard InChI is InChI=1S/C13H17ClFN/c1-16-12-5-2-9(7-12)6-10-3-4-11(15)8-13(10)14/h3-4,8-9,12,16H,2,5-7H2,1H3. The molecule has 3 heteroatoms. The van der Waals surface area contributed by atoms with Crippen molar-refractivity contribution in [3.8, 4) is 0 Å². The Morgan fingerprint density at radius 1 is 1.44 bits per heavy atom. The van der Waals surface area contributed by atoms with Crippen molar-refractivity contribution in [2.45, 2.75) is 31.7 Å². The second-order valence-corrected chi connectivity index (χ2v) is 5.01. The minimum Gasteiger partial charge on any atom is -0.317 e. The lowest BCUT2D eigenvalue weighted by atomic mass is 9.98. The lowest BCUT2D eigenvalue weighted by molar-refractivity contribution is 0.509. The summed E-state index contributed by atoms with van der Waals surface area (Å²) in [6, 6.07) is 5.35. The molecule has 2 unspecified atom stereocenters. The fourth-order valence-corrected chi connectivity index (χ4v) is 2.77. The average molecular weight is 242 g/mol. The fourth-order valence-electron chi connectivity index (χ4n) is 2.52. The van der Waals surface area contributed by atoms with E-state index < -0.39 is 0 Å². The first-order chi connectivity index (χ1) is 7.69. The molecule has 0 saturated heterocycles. The molecule has 0 aromatic heterocycles. The first kappa shape index (κ1) is 11.9. The molecule has 0 amide bonds. The number of rotatable bonds is 3. The Morgan fingerprint density at radius 2 is 2.25 bits per heavy atom. The van der Waals surface area contributed by atoms with Crippen LogP contribution in [0.25, 0.3) is 0 Å². The van der Waals surface area contributed by atoms with Crippen LogP contribution in [0, 0.1) is 11.7 Å². The smallest absolute Gasteiger partial charge is 0.124 e. The zero-order valence-electron chi connectivity index (χ0n) is 9.47. The van der Waals surface area contributed by atoms with Crippen LogP contribution in [0.3, 0.4) is 0 Å². The molecule has 88 valence electrons. The molecule has 1 saturated carbocycles. The van der Waals surface area contributed by atoms with E-state index in [-0.39, 0.29) is 5.82 Å². The number of nitrogens with one attached hydrogen (secondary N) is 1. The van der Waals surface area contributed by atoms with Gasteiger partial charge in [0.15, 0.2) is 0 Å². The van der Waals surface area contributed by atoms with Gasteiger partial charge in [-0.15, -0.1) is 0 Å². The normalized spacial score (nSPS) is 24.9. The summed E-state index contributed by atoms with van der Waals surface area (Å²) >= 11 is 6.02. The Hall–Kier alpha value is -0.600. The van der Waals surface area contributed by atoms with Gasteiger partial charge >= 0.3 is 0 Å². The Morgan fingerprint density at radius 3 is 2.88 bits per heavy atom. The van der Waals surface area contributed by atoms with E-state index in [9.17, 15) is 4.39 Å². The number of halogens is 2. The van der Waals surface area contributed by atoms with Gasteiger partial charge in [-0.3, -0.25) is 0 Å². The monoisotopic (exact) mass is 241 g/mol. The summed E-state index contributed by atoms with van der Waals surface area (Å²) in [6.07, 6.45) is 4.64. The van der Waals surface area contributed by atoms with Gasteiger partial charge in [0.1, 0.15) is 5.82 Å². The van der Waals surface area contributed by atoms with Crippen LogP contribution in [-0.2, 0) is 6.42 Å². The molecule has 1 nitrogen and oxygen atoms in total. The number of benzene rings is 1. The van der Waals surface area contributed by atoms with Gasteiger partial charge in [0, 0.05) is 11.1 Å². The van der Waals surface area contributed by atoms with E-state index >= 15 is 0 Å². The lowest BCUT2D eigenvalue weighted by Crippen LogP contribution is -2.21. The predicted octanol–water partition coefficient (Wildman–Crippen LogP) is 3.41. The molecular weight excluding hydrogens is 225 g/mol. The molecule has 0 spiro atoms. The Kier molecular flexibility index (Phi) is 3.82. The summed E-state index contributed by atoms with van der Waals surface area (Å²) in [5.74, 6) is 0.425. The third-order valence-electron chi connectivity index (χ3n) is 3.47. The van der Waals surface area contributed by atoms with Crippen molar-refractivity contribution in [3.05, 3.63) is 34.6 Å². The first-order valence-corrected chi connectivity index (χ1v) is 6.18. The van der Waals surface area contributed by atoms with Crippen molar-refractivity contribution in [1.82, 2.24) is 5.32 Å². The predicted molar refractivity (Wildman–Crippen MR) is 65.3 cm³/mol. The third-order valence-corrected chi connectivity index (χ3v) is 3.83. The summed E-state index contributed by atoms with van der Waals surface area (Å²) in [6.45, 7) is 0. The second kappa shape index (κ2) is 5.15. The first-order valence-electron chi connectivity index (χ1n) is 5.80. The minimum atomic E-state index is -0.256. The summed E-state index contributed by atoms with van der Waals surface area (Å²) in [5, 5.41) is 3.87. The lowest BCUT2D eigenvalue weighted by Gasteiger charge is -2.12. The molecule has 1 fully saturated rings. The molecule has 1 aliphatic rings. The summed E-state index contributed by atoms with van der Waals surface area (Å²) in [7, 11) is 2.01. The quantitative estimate of drug-likeness (QED) is 0.855. The highest BCUT2D eigenvalue weighted by atomic mass is 35.5. The van der Waals surface area contributed by atoms with Gasteiger partial charge in [-0.2, -0.15) is 0 Å². The van der Waals surface area contributed by atoms with Crippen LogP contribution in [0.4, 0.5) is 4.39 Å². The van der Waals surface area contributed by atoms with Gasteiger partial charge < -0.3 is 5.32 Å². The molecule has 1 N–H and O–H groups in total. The van der Waals surface area contributed by atoms with Crippen molar-refractivity contribution in [1.29, 1.82) is 0 Å². The van der Waals surface area contributed by atoms with Crippen LogP contribution in [-0.4, -0.2) is 13.1 Å². The zero-order valence-corrected chi connectivity index (χ0v) is 10.2. The molecule has 1 aromatic rings. The zero-order chi connectivity index (χ0) is 11.5. The van der Waals surface area contributed by atoms with E-state index in [1.807, 2.05) is 13.1 Å². The van der Waals surface area contributed by atoms with Crippen LogP contribution in [0.2, 0.25) is 5.02 Å². The molecule has 1 aromatic carbocycles. The van der Waals surface area contributed by atoms with E-state index in [0.29, 0.717) is 17.0 Å². The van der Waals surface area contributed by atoms with Gasteiger partial charge in [-0.25, -0.2) is 4.39 Å². The molecule has 16 heavy (non-hydrogen) atoms. The van der Waals surface area contributed by atoms with Gasteiger partial charge in [-0.05, 0) is 56.3 Å². The van der Waals surface area contributed by atoms with Crippen molar-refractivity contribution >= 4 is 11.6 Å². The summed E-state index contributed by atoms with van der Waals surface area (Å²) < 4.78 is 12.9. The topological polar surface area (TPSA) is 12.0 Å². The molecule has 1 aliphatic carbocycles. The molecule has 2 rings (SSSR count). The van der Waals surface area contributed by atoms with Crippen LogP contribution in [0.15, 0.2) is 18.2 Å². The van der Waals surface area contributed by atoms with E-state index in [0.717, 1.165) is 12.0 Å². The van der Waals surface area contributed by atoms with Gasteiger partial charge in [0.2, 0.25) is 0 Å². The molecule has 0 heterocycles. The average Bonchev–Trinajstić information content (AvgIpc) is 2.70. The number of hydrogen-bond acceptors (Lipinski definition) is 1. The second-order valence-electron chi connectivity index (χ2n) is 4.60. The van der Waals surface area contributed by atoms with Crippen molar-refractivity contribution < 1.29 is 4.39 Å². The molecule has 0 bridgehead atoms. The Labute approximate surface area is 101 Å². The van der Waals surface area contributed by atoms with Gasteiger partial charge in [0.05, 0.1) is 0 Å². The van der Waals surface area contributed by atoms with E-state index in [2.05, 4.69) is 5.32 Å². The minimum absolute atomic E-state index is 0.256. The maximum absolute atomic E-state index is 12.9. The highest BCUT2D eigenvalue weighted by molar-refractivity contribution is 6.31. The maximum atomic E-state index is 12.9. The van der Waals surface area contributed by atoms with Crippen molar-refractivity contribution in [3.63, 3.8) is 0 Å². The largest absolute Gasteiger partial charge is 0.317 e. The van der Waals surface area contributed by atoms with Gasteiger partial charge in [-0.1, -0.05) is 17.7 Å². The van der Waals surface area contributed by atoms with Crippen LogP contribution >= 0.6 is 11.6 Å².